The standard InChI is InChI=1S/C20H17ClN2O/c21-18-9-6-7-16(13-18)15-24-20-12-5-4-8-17(20)14-22-23-19-10-2-1-3-11-19/h1-14,23H,15H2. The zero-order valence-corrected chi connectivity index (χ0v) is 13.8. The second kappa shape index (κ2) is 8.18. The van der Waals surface area contributed by atoms with Crippen LogP contribution in [0, 0.1) is 0 Å². The quantitative estimate of drug-likeness (QED) is 0.485. The molecule has 3 nitrogen and oxygen atoms in total. The summed E-state index contributed by atoms with van der Waals surface area (Å²) in [6.07, 6.45) is 1.75. The van der Waals surface area contributed by atoms with Crippen molar-refractivity contribution in [3.05, 3.63) is 95.0 Å². The molecule has 120 valence electrons. The van der Waals surface area contributed by atoms with E-state index < -0.39 is 0 Å². The van der Waals surface area contributed by atoms with Crippen LogP contribution in [-0.2, 0) is 6.61 Å². The lowest BCUT2D eigenvalue weighted by Crippen LogP contribution is -1.99. The Hall–Kier alpha value is -2.78. The monoisotopic (exact) mass is 336 g/mol. The molecule has 0 aliphatic heterocycles. The van der Waals surface area contributed by atoms with Crippen molar-refractivity contribution in [2.75, 3.05) is 5.43 Å². The molecular formula is C20H17ClN2O. The number of hydrazone groups is 1. The van der Waals surface area contributed by atoms with Crippen LogP contribution in [-0.4, -0.2) is 6.21 Å². The second-order valence-corrected chi connectivity index (χ2v) is 5.63. The van der Waals surface area contributed by atoms with Crippen LogP contribution in [0.3, 0.4) is 0 Å². The summed E-state index contributed by atoms with van der Waals surface area (Å²) in [4.78, 5) is 0. The minimum atomic E-state index is 0.456. The fraction of sp³-hybridized carbons (Fsp3) is 0.0500. The summed E-state index contributed by atoms with van der Waals surface area (Å²) in [7, 11) is 0. The number of hydrogen-bond acceptors (Lipinski definition) is 3. The molecule has 0 saturated carbocycles. The topological polar surface area (TPSA) is 33.6 Å². The zero-order valence-electron chi connectivity index (χ0n) is 13.0. The summed E-state index contributed by atoms with van der Waals surface area (Å²) in [5.41, 5.74) is 5.86. The minimum Gasteiger partial charge on any atom is -0.488 e. The fourth-order valence-electron chi connectivity index (χ4n) is 2.20. The van der Waals surface area contributed by atoms with Crippen molar-refractivity contribution in [3.63, 3.8) is 0 Å². The second-order valence-electron chi connectivity index (χ2n) is 5.19. The largest absolute Gasteiger partial charge is 0.488 e. The van der Waals surface area contributed by atoms with E-state index in [1.165, 1.54) is 0 Å². The maximum Gasteiger partial charge on any atom is 0.128 e. The molecule has 0 amide bonds. The molecule has 0 bridgehead atoms. The average molecular weight is 337 g/mol. The van der Waals surface area contributed by atoms with Gasteiger partial charge in [0.2, 0.25) is 0 Å². The zero-order chi connectivity index (χ0) is 16.6. The molecule has 0 aliphatic rings. The number of nitrogens with one attached hydrogen (secondary N) is 1. The summed E-state index contributed by atoms with van der Waals surface area (Å²) < 4.78 is 5.90. The van der Waals surface area contributed by atoms with Crippen molar-refractivity contribution < 1.29 is 4.74 Å². The summed E-state index contributed by atoms with van der Waals surface area (Å²) in [5.74, 6) is 0.774. The molecule has 0 radical (unpaired) electrons. The van der Waals surface area contributed by atoms with Crippen molar-refractivity contribution in [1.29, 1.82) is 0 Å². The molecule has 3 rings (SSSR count). The van der Waals surface area contributed by atoms with Gasteiger partial charge in [-0.15, -0.1) is 0 Å². The molecule has 0 atom stereocenters. The van der Waals surface area contributed by atoms with Gasteiger partial charge >= 0.3 is 0 Å². The van der Waals surface area contributed by atoms with Gasteiger partial charge in [-0.2, -0.15) is 5.10 Å². The number of para-hydroxylation sites is 2. The molecule has 0 saturated heterocycles. The van der Waals surface area contributed by atoms with Crippen LogP contribution in [0.4, 0.5) is 5.69 Å². The van der Waals surface area contributed by atoms with E-state index in [4.69, 9.17) is 16.3 Å². The molecular weight excluding hydrogens is 320 g/mol. The predicted octanol–water partition coefficient (Wildman–Crippen LogP) is 5.37. The summed E-state index contributed by atoms with van der Waals surface area (Å²) in [5, 5.41) is 4.97. The number of benzene rings is 3. The van der Waals surface area contributed by atoms with E-state index in [0.29, 0.717) is 11.6 Å². The lowest BCUT2D eigenvalue weighted by molar-refractivity contribution is 0.306. The number of ether oxygens (including phenoxy) is 1. The van der Waals surface area contributed by atoms with E-state index in [-0.39, 0.29) is 0 Å². The van der Waals surface area contributed by atoms with Gasteiger partial charge in [0.1, 0.15) is 12.4 Å². The van der Waals surface area contributed by atoms with Gasteiger partial charge in [0, 0.05) is 10.6 Å². The third-order valence-electron chi connectivity index (χ3n) is 3.37. The highest BCUT2D eigenvalue weighted by Crippen LogP contribution is 2.19. The Kier molecular flexibility index (Phi) is 5.48. The van der Waals surface area contributed by atoms with Crippen molar-refractivity contribution >= 4 is 23.5 Å². The molecule has 3 aromatic carbocycles. The summed E-state index contributed by atoms with van der Waals surface area (Å²) in [6, 6.07) is 25.2. The highest BCUT2D eigenvalue weighted by molar-refractivity contribution is 6.30. The number of halogens is 1. The predicted molar refractivity (Wildman–Crippen MR) is 99.9 cm³/mol. The van der Waals surface area contributed by atoms with Gasteiger partial charge in [0.05, 0.1) is 11.9 Å². The van der Waals surface area contributed by atoms with Crippen LogP contribution >= 0.6 is 11.6 Å². The third kappa shape index (κ3) is 4.61. The number of anilines is 1. The molecule has 0 aliphatic carbocycles. The maximum atomic E-state index is 6.00. The first-order chi connectivity index (χ1) is 11.8. The van der Waals surface area contributed by atoms with Gasteiger partial charge in [-0.3, -0.25) is 5.43 Å². The maximum absolute atomic E-state index is 6.00. The van der Waals surface area contributed by atoms with E-state index in [1.54, 1.807) is 6.21 Å². The summed E-state index contributed by atoms with van der Waals surface area (Å²) >= 11 is 6.00. The van der Waals surface area contributed by atoms with E-state index in [2.05, 4.69) is 10.5 Å². The average Bonchev–Trinajstić information content (AvgIpc) is 2.62. The number of rotatable bonds is 6. The molecule has 0 fully saturated rings. The molecule has 0 spiro atoms. The van der Waals surface area contributed by atoms with E-state index in [0.717, 1.165) is 22.6 Å². The first-order valence-corrected chi connectivity index (χ1v) is 7.99. The Labute approximate surface area is 146 Å². The highest BCUT2D eigenvalue weighted by Gasteiger charge is 2.02. The molecule has 24 heavy (non-hydrogen) atoms. The van der Waals surface area contributed by atoms with Crippen molar-refractivity contribution in [1.82, 2.24) is 0 Å². The normalized spacial score (nSPS) is 10.7. The van der Waals surface area contributed by atoms with E-state index in [1.807, 2.05) is 78.9 Å². The smallest absolute Gasteiger partial charge is 0.128 e. The highest BCUT2D eigenvalue weighted by atomic mass is 35.5. The van der Waals surface area contributed by atoms with Crippen LogP contribution in [0.25, 0.3) is 0 Å². The van der Waals surface area contributed by atoms with Gasteiger partial charge < -0.3 is 4.74 Å². The lowest BCUT2D eigenvalue weighted by Gasteiger charge is -2.09. The van der Waals surface area contributed by atoms with Gasteiger partial charge in [-0.05, 0) is 42.0 Å². The van der Waals surface area contributed by atoms with Crippen molar-refractivity contribution in [2.45, 2.75) is 6.61 Å². The van der Waals surface area contributed by atoms with Crippen molar-refractivity contribution in [2.24, 2.45) is 5.10 Å². The van der Waals surface area contributed by atoms with Gasteiger partial charge in [0.15, 0.2) is 0 Å². The van der Waals surface area contributed by atoms with Crippen molar-refractivity contribution in [3.8, 4) is 5.75 Å². The van der Waals surface area contributed by atoms with Gasteiger partial charge in [-0.25, -0.2) is 0 Å². The summed E-state index contributed by atoms with van der Waals surface area (Å²) in [6.45, 7) is 0.456. The SMILES string of the molecule is Clc1cccc(COc2ccccc2C=NNc2ccccc2)c1. The van der Waals surface area contributed by atoms with Crippen LogP contribution in [0.15, 0.2) is 84.0 Å². The molecule has 4 heteroatoms. The van der Waals surface area contributed by atoms with Crippen LogP contribution in [0.2, 0.25) is 5.02 Å². The molecule has 0 unspecified atom stereocenters. The van der Waals surface area contributed by atoms with E-state index in [9.17, 15) is 0 Å². The molecule has 3 aromatic rings. The lowest BCUT2D eigenvalue weighted by atomic mass is 10.2. The van der Waals surface area contributed by atoms with Gasteiger partial charge in [0.25, 0.3) is 0 Å². The van der Waals surface area contributed by atoms with Crippen LogP contribution in [0.1, 0.15) is 11.1 Å². The first-order valence-electron chi connectivity index (χ1n) is 7.62. The minimum absolute atomic E-state index is 0.456. The molecule has 1 N–H and O–H groups in total. The number of nitrogens with zero attached hydrogens (tertiary/aromatic N) is 1. The van der Waals surface area contributed by atoms with Crippen LogP contribution in [0.5, 0.6) is 5.75 Å². The Morgan fingerprint density at radius 3 is 2.54 bits per heavy atom. The third-order valence-corrected chi connectivity index (χ3v) is 3.61. The Bertz CT molecular complexity index is 819. The number of hydrogen-bond donors (Lipinski definition) is 1. The fourth-order valence-corrected chi connectivity index (χ4v) is 2.41. The molecule has 0 aromatic heterocycles. The first kappa shape index (κ1) is 16.1. The Balaban J connectivity index is 1.66. The van der Waals surface area contributed by atoms with Gasteiger partial charge in [-0.1, -0.05) is 54.1 Å². The van der Waals surface area contributed by atoms with Crippen LogP contribution < -0.4 is 10.2 Å². The Morgan fingerprint density at radius 2 is 1.71 bits per heavy atom. The molecule has 0 heterocycles. The Morgan fingerprint density at radius 1 is 0.917 bits per heavy atom. The van der Waals surface area contributed by atoms with E-state index >= 15 is 0 Å².